The molecule has 0 saturated heterocycles. The molecule has 1 saturated carbocycles. The van der Waals surface area contributed by atoms with E-state index in [-0.39, 0.29) is 29.4 Å². The summed E-state index contributed by atoms with van der Waals surface area (Å²) in [5.41, 5.74) is 2.30. The third-order valence-corrected chi connectivity index (χ3v) is 5.22. The van der Waals surface area contributed by atoms with Crippen molar-refractivity contribution in [2.24, 2.45) is 5.41 Å². The Labute approximate surface area is 120 Å². The van der Waals surface area contributed by atoms with Crippen LogP contribution < -0.4 is 5.32 Å². The van der Waals surface area contributed by atoms with Crippen LogP contribution in [0.5, 0.6) is 0 Å². The van der Waals surface area contributed by atoms with Gasteiger partial charge in [-0.15, -0.1) is 0 Å². The summed E-state index contributed by atoms with van der Waals surface area (Å²) in [6.45, 7) is 4.03. The van der Waals surface area contributed by atoms with Crippen LogP contribution in [0.3, 0.4) is 0 Å². The molecule has 0 bridgehead atoms. The molecule has 2 aliphatic carbocycles. The SMILES string of the molecule is CC1(C)C(O)CC1NC(=O)C1CCCc2ccccc21. The minimum absolute atomic E-state index is 0.0199. The van der Waals surface area contributed by atoms with E-state index < -0.39 is 0 Å². The molecule has 1 amide bonds. The lowest BCUT2D eigenvalue weighted by atomic mass is 9.64. The Balaban J connectivity index is 1.73. The number of rotatable bonds is 2. The fourth-order valence-corrected chi connectivity index (χ4v) is 3.45. The zero-order chi connectivity index (χ0) is 14.3. The smallest absolute Gasteiger partial charge is 0.227 e. The number of benzene rings is 1. The van der Waals surface area contributed by atoms with E-state index in [1.165, 1.54) is 11.1 Å². The fourth-order valence-electron chi connectivity index (χ4n) is 3.45. The average molecular weight is 273 g/mol. The molecule has 0 aromatic heterocycles. The van der Waals surface area contributed by atoms with Gasteiger partial charge in [-0.25, -0.2) is 0 Å². The number of carbonyl (C=O) groups is 1. The maximum atomic E-state index is 12.6. The van der Waals surface area contributed by atoms with Crippen LogP contribution in [0.1, 0.15) is 50.2 Å². The Morgan fingerprint density at radius 1 is 1.35 bits per heavy atom. The average Bonchev–Trinajstić information content (AvgIpc) is 2.46. The quantitative estimate of drug-likeness (QED) is 0.869. The van der Waals surface area contributed by atoms with E-state index in [0.717, 1.165) is 19.3 Å². The molecule has 3 heteroatoms. The van der Waals surface area contributed by atoms with Crippen LogP contribution in [0.25, 0.3) is 0 Å². The molecule has 3 nitrogen and oxygen atoms in total. The van der Waals surface area contributed by atoms with Crippen LogP contribution in [0.15, 0.2) is 24.3 Å². The lowest BCUT2D eigenvalue weighted by molar-refractivity contribution is -0.131. The number of aryl methyl sites for hydroxylation is 1. The molecule has 0 radical (unpaired) electrons. The number of aliphatic hydroxyl groups excluding tert-OH is 1. The normalized spacial score (nSPS) is 31.1. The van der Waals surface area contributed by atoms with Crippen molar-refractivity contribution in [2.45, 2.75) is 57.6 Å². The summed E-state index contributed by atoms with van der Waals surface area (Å²) in [5, 5.41) is 12.9. The van der Waals surface area contributed by atoms with Gasteiger partial charge in [-0.05, 0) is 36.8 Å². The first-order valence-electron chi connectivity index (χ1n) is 7.56. The van der Waals surface area contributed by atoms with Gasteiger partial charge in [-0.3, -0.25) is 4.79 Å². The standard InChI is InChI=1S/C17H23NO2/c1-17(2)14(10-15(17)19)18-16(20)13-9-5-7-11-6-3-4-8-12(11)13/h3-4,6,8,13-15,19H,5,7,9-10H2,1-2H3,(H,18,20). The molecular formula is C17H23NO2. The van der Waals surface area contributed by atoms with Crippen molar-refractivity contribution in [3.8, 4) is 0 Å². The summed E-state index contributed by atoms with van der Waals surface area (Å²) < 4.78 is 0. The first-order chi connectivity index (χ1) is 9.50. The van der Waals surface area contributed by atoms with Gasteiger partial charge in [-0.1, -0.05) is 38.1 Å². The number of hydrogen-bond donors (Lipinski definition) is 2. The Bertz CT molecular complexity index is 523. The maximum absolute atomic E-state index is 12.6. The van der Waals surface area contributed by atoms with Gasteiger partial charge < -0.3 is 10.4 Å². The van der Waals surface area contributed by atoms with Crippen LogP contribution in [-0.2, 0) is 11.2 Å². The molecule has 1 aromatic carbocycles. The van der Waals surface area contributed by atoms with E-state index >= 15 is 0 Å². The van der Waals surface area contributed by atoms with Crippen molar-refractivity contribution in [3.05, 3.63) is 35.4 Å². The van der Waals surface area contributed by atoms with Gasteiger partial charge >= 0.3 is 0 Å². The van der Waals surface area contributed by atoms with Crippen LogP contribution in [0.4, 0.5) is 0 Å². The summed E-state index contributed by atoms with van der Waals surface area (Å²) in [4.78, 5) is 12.6. The highest BCUT2D eigenvalue weighted by Crippen LogP contribution is 2.41. The molecular weight excluding hydrogens is 250 g/mol. The second-order valence-corrected chi connectivity index (χ2v) is 6.78. The van der Waals surface area contributed by atoms with Gasteiger partial charge in [0, 0.05) is 11.5 Å². The highest BCUT2D eigenvalue weighted by molar-refractivity contribution is 5.84. The van der Waals surface area contributed by atoms with Crippen molar-refractivity contribution >= 4 is 5.91 Å². The molecule has 0 heterocycles. The molecule has 3 atom stereocenters. The first kappa shape index (κ1) is 13.6. The van der Waals surface area contributed by atoms with Gasteiger partial charge in [0.1, 0.15) is 0 Å². The predicted molar refractivity (Wildman–Crippen MR) is 78.5 cm³/mol. The number of aliphatic hydroxyl groups is 1. The van der Waals surface area contributed by atoms with Crippen LogP contribution in [-0.4, -0.2) is 23.2 Å². The first-order valence-corrected chi connectivity index (χ1v) is 7.56. The highest BCUT2D eigenvalue weighted by Gasteiger charge is 2.48. The number of carbonyl (C=O) groups excluding carboxylic acids is 1. The van der Waals surface area contributed by atoms with E-state index in [9.17, 15) is 9.90 Å². The van der Waals surface area contributed by atoms with E-state index in [1.807, 2.05) is 26.0 Å². The number of fused-ring (bicyclic) bond motifs is 1. The summed E-state index contributed by atoms with van der Waals surface area (Å²) in [7, 11) is 0. The molecule has 2 aliphatic rings. The topological polar surface area (TPSA) is 49.3 Å². The molecule has 20 heavy (non-hydrogen) atoms. The molecule has 1 aromatic rings. The minimum Gasteiger partial charge on any atom is -0.392 e. The van der Waals surface area contributed by atoms with Crippen LogP contribution >= 0.6 is 0 Å². The lowest BCUT2D eigenvalue weighted by Crippen LogP contribution is -2.61. The van der Waals surface area contributed by atoms with E-state index in [4.69, 9.17) is 0 Å². The van der Waals surface area contributed by atoms with Crippen molar-refractivity contribution in [1.82, 2.24) is 5.32 Å². The van der Waals surface area contributed by atoms with Gasteiger partial charge in [0.25, 0.3) is 0 Å². The zero-order valence-corrected chi connectivity index (χ0v) is 12.2. The third kappa shape index (κ3) is 2.14. The Morgan fingerprint density at radius 3 is 2.80 bits per heavy atom. The van der Waals surface area contributed by atoms with Gasteiger partial charge in [0.05, 0.1) is 12.0 Å². The van der Waals surface area contributed by atoms with Crippen molar-refractivity contribution in [3.63, 3.8) is 0 Å². The Morgan fingerprint density at radius 2 is 2.10 bits per heavy atom. The largest absolute Gasteiger partial charge is 0.392 e. The second kappa shape index (κ2) is 4.88. The maximum Gasteiger partial charge on any atom is 0.227 e. The summed E-state index contributed by atoms with van der Waals surface area (Å²) in [6.07, 6.45) is 3.46. The summed E-state index contributed by atoms with van der Waals surface area (Å²) in [6, 6.07) is 8.37. The Hall–Kier alpha value is -1.35. The molecule has 2 N–H and O–H groups in total. The lowest BCUT2D eigenvalue weighted by Gasteiger charge is -2.49. The number of nitrogens with one attached hydrogen (secondary N) is 1. The van der Waals surface area contributed by atoms with Crippen LogP contribution in [0, 0.1) is 5.41 Å². The van der Waals surface area contributed by atoms with Crippen molar-refractivity contribution in [2.75, 3.05) is 0 Å². The minimum atomic E-state index is -0.300. The summed E-state index contributed by atoms with van der Waals surface area (Å²) >= 11 is 0. The number of amides is 1. The van der Waals surface area contributed by atoms with Crippen molar-refractivity contribution < 1.29 is 9.90 Å². The van der Waals surface area contributed by atoms with E-state index in [2.05, 4.69) is 17.4 Å². The van der Waals surface area contributed by atoms with Crippen LogP contribution in [0.2, 0.25) is 0 Å². The number of hydrogen-bond acceptors (Lipinski definition) is 2. The molecule has 1 fully saturated rings. The zero-order valence-electron chi connectivity index (χ0n) is 12.2. The highest BCUT2D eigenvalue weighted by atomic mass is 16.3. The molecule has 3 rings (SSSR count). The van der Waals surface area contributed by atoms with Gasteiger partial charge in [0.15, 0.2) is 0 Å². The fraction of sp³-hybridized carbons (Fsp3) is 0.588. The van der Waals surface area contributed by atoms with E-state index in [1.54, 1.807) is 0 Å². The van der Waals surface area contributed by atoms with Gasteiger partial charge in [0.2, 0.25) is 5.91 Å². The second-order valence-electron chi connectivity index (χ2n) is 6.78. The molecule has 0 aliphatic heterocycles. The monoisotopic (exact) mass is 273 g/mol. The third-order valence-electron chi connectivity index (χ3n) is 5.22. The van der Waals surface area contributed by atoms with Gasteiger partial charge in [-0.2, -0.15) is 0 Å². The molecule has 0 spiro atoms. The Kier molecular flexibility index (Phi) is 3.33. The summed E-state index contributed by atoms with van der Waals surface area (Å²) in [5.74, 6) is 0.107. The predicted octanol–water partition coefficient (Wildman–Crippen LogP) is 2.38. The van der Waals surface area contributed by atoms with E-state index in [0.29, 0.717) is 6.42 Å². The molecule has 108 valence electrons. The molecule has 3 unspecified atom stereocenters. The van der Waals surface area contributed by atoms with Crippen molar-refractivity contribution in [1.29, 1.82) is 0 Å².